The van der Waals surface area contributed by atoms with E-state index >= 15 is 0 Å². The molecule has 1 amide bonds. The van der Waals surface area contributed by atoms with Crippen LogP contribution in [-0.2, 0) is 11.0 Å². The minimum atomic E-state index is -4.47. The van der Waals surface area contributed by atoms with Crippen molar-refractivity contribution in [2.45, 2.75) is 6.18 Å². The van der Waals surface area contributed by atoms with Crippen molar-refractivity contribution in [3.05, 3.63) is 53.5 Å². The fourth-order valence-corrected chi connectivity index (χ4v) is 2.77. The van der Waals surface area contributed by atoms with Crippen molar-refractivity contribution in [1.82, 2.24) is 9.55 Å². The molecule has 0 bridgehead atoms. The van der Waals surface area contributed by atoms with Gasteiger partial charge in [-0.15, -0.1) is 11.6 Å². The Kier molecular flexibility index (Phi) is 4.27. The monoisotopic (exact) mass is 366 g/mol. The maximum absolute atomic E-state index is 13.0. The summed E-state index contributed by atoms with van der Waals surface area (Å²) in [7, 11) is 0. The quantitative estimate of drug-likeness (QED) is 0.766. The minimum absolute atomic E-state index is 0.00366. The number of nitrogens with zero attached hydrogens (tertiary/aromatic N) is 4. The molecule has 0 N–H and O–H groups in total. The van der Waals surface area contributed by atoms with Crippen molar-refractivity contribution in [3.8, 4) is 6.07 Å². The molecule has 0 spiro atoms. The van der Waals surface area contributed by atoms with E-state index in [2.05, 4.69) is 4.98 Å². The van der Waals surface area contributed by atoms with E-state index in [4.69, 9.17) is 11.6 Å². The lowest BCUT2D eigenvalue weighted by atomic mass is 10.1. The second-order valence-corrected chi connectivity index (χ2v) is 5.47. The lowest BCUT2D eigenvalue weighted by Crippen LogP contribution is -2.36. The van der Waals surface area contributed by atoms with Gasteiger partial charge in [0.15, 0.2) is 11.5 Å². The van der Waals surface area contributed by atoms with Gasteiger partial charge in [0.05, 0.1) is 11.3 Å². The van der Waals surface area contributed by atoms with Crippen molar-refractivity contribution >= 4 is 29.0 Å². The molecule has 0 saturated heterocycles. The molecule has 25 heavy (non-hydrogen) atoms. The summed E-state index contributed by atoms with van der Waals surface area (Å²) in [6.07, 6.45) is -1.58. The maximum Gasteiger partial charge on any atom is 0.416 e. The molecular formula is C16H10ClF3N4O. The van der Waals surface area contributed by atoms with Crippen LogP contribution in [-0.4, -0.2) is 27.9 Å². The van der Waals surface area contributed by atoms with Crippen LogP contribution in [0, 0.1) is 11.3 Å². The average Bonchev–Trinajstić information content (AvgIpc) is 3.03. The molecule has 0 saturated carbocycles. The van der Waals surface area contributed by atoms with Crippen molar-refractivity contribution in [3.63, 3.8) is 0 Å². The van der Waals surface area contributed by atoms with E-state index in [1.165, 1.54) is 27.9 Å². The van der Waals surface area contributed by atoms with Crippen molar-refractivity contribution in [2.75, 3.05) is 17.3 Å². The first-order valence-corrected chi connectivity index (χ1v) is 7.62. The first-order chi connectivity index (χ1) is 11.9. The van der Waals surface area contributed by atoms with Crippen molar-refractivity contribution in [2.24, 2.45) is 0 Å². The number of carbonyl (C=O) groups excluding carboxylic acids is 1. The number of aromatic nitrogens is 2. The van der Waals surface area contributed by atoms with Crippen LogP contribution in [0.25, 0.3) is 5.70 Å². The number of nitriles is 1. The van der Waals surface area contributed by atoms with Crippen LogP contribution in [0.5, 0.6) is 0 Å². The number of benzene rings is 1. The molecule has 128 valence electrons. The van der Waals surface area contributed by atoms with E-state index < -0.39 is 17.6 Å². The van der Waals surface area contributed by atoms with Gasteiger partial charge in [0, 0.05) is 6.54 Å². The zero-order valence-corrected chi connectivity index (χ0v) is 13.3. The van der Waals surface area contributed by atoms with Crippen LogP contribution in [0.15, 0.2) is 36.7 Å². The molecule has 9 heteroatoms. The Balaban J connectivity index is 2.12. The summed E-state index contributed by atoms with van der Waals surface area (Å²) < 4.78 is 40.3. The molecule has 5 nitrogen and oxygen atoms in total. The van der Waals surface area contributed by atoms with Crippen LogP contribution < -0.4 is 4.90 Å². The van der Waals surface area contributed by atoms with Crippen molar-refractivity contribution in [1.29, 1.82) is 5.26 Å². The van der Waals surface area contributed by atoms with E-state index in [0.29, 0.717) is 11.3 Å². The van der Waals surface area contributed by atoms with Gasteiger partial charge >= 0.3 is 6.18 Å². The van der Waals surface area contributed by atoms with Crippen LogP contribution in [0.2, 0.25) is 0 Å². The van der Waals surface area contributed by atoms with Gasteiger partial charge in [-0.25, -0.2) is 4.98 Å². The number of halogens is 4. The molecule has 1 aliphatic rings. The van der Waals surface area contributed by atoms with Crippen molar-refractivity contribution < 1.29 is 18.0 Å². The second-order valence-electron chi connectivity index (χ2n) is 5.20. The predicted octanol–water partition coefficient (Wildman–Crippen LogP) is 3.25. The fourth-order valence-electron chi connectivity index (χ4n) is 2.62. The number of hydrogen-bond acceptors (Lipinski definition) is 3. The number of alkyl halides is 4. The highest BCUT2D eigenvalue weighted by atomic mass is 35.5. The molecule has 2 aromatic rings. The Morgan fingerprint density at radius 1 is 1.40 bits per heavy atom. The molecule has 3 rings (SSSR count). The fraction of sp³-hybridized carbons (Fsp3) is 0.188. The van der Waals surface area contributed by atoms with Gasteiger partial charge in [-0.2, -0.15) is 18.4 Å². The molecule has 2 heterocycles. The molecule has 0 radical (unpaired) electrons. The number of imidazole rings is 1. The van der Waals surface area contributed by atoms with Crippen LogP contribution in [0.1, 0.15) is 16.8 Å². The molecule has 0 aliphatic carbocycles. The van der Waals surface area contributed by atoms with E-state index in [0.717, 1.165) is 12.1 Å². The highest BCUT2D eigenvalue weighted by Crippen LogP contribution is 2.34. The lowest BCUT2D eigenvalue weighted by molar-refractivity contribution is -0.137. The zero-order valence-electron chi connectivity index (χ0n) is 12.6. The smallest absolute Gasteiger partial charge is 0.290 e. The van der Waals surface area contributed by atoms with Gasteiger partial charge in [0.1, 0.15) is 18.3 Å². The number of fused-ring (bicyclic) bond motifs is 1. The third kappa shape index (κ3) is 2.98. The van der Waals surface area contributed by atoms with Crippen LogP contribution in [0.3, 0.4) is 0 Å². The van der Waals surface area contributed by atoms with Gasteiger partial charge in [-0.3, -0.25) is 14.3 Å². The van der Waals surface area contributed by atoms with Crippen LogP contribution >= 0.6 is 11.6 Å². The lowest BCUT2D eigenvalue weighted by Gasteiger charge is -2.28. The van der Waals surface area contributed by atoms with Gasteiger partial charge < -0.3 is 0 Å². The Labute approximate surface area is 145 Å². The first-order valence-electron chi connectivity index (χ1n) is 7.08. The van der Waals surface area contributed by atoms with Gasteiger partial charge in [-0.1, -0.05) is 12.1 Å². The molecular weight excluding hydrogens is 357 g/mol. The molecule has 0 atom stereocenters. The number of anilines is 1. The average molecular weight is 367 g/mol. The number of hydrogen-bond donors (Lipinski definition) is 0. The Hall–Kier alpha value is -2.79. The molecule has 1 aromatic heterocycles. The SMILES string of the molecule is N#Cc1ncn2c1N(C(=O)CCl)CC=C2c1cccc(C(F)(F)F)c1. The molecule has 1 aliphatic heterocycles. The highest BCUT2D eigenvalue weighted by molar-refractivity contribution is 6.29. The van der Waals surface area contributed by atoms with E-state index in [1.54, 1.807) is 6.08 Å². The summed E-state index contributed by atoms with van der Waals surface area (Å²) >= 11 is 5.59. The third-order valence-corrected chi connectivity index (χ3v) is 3.96. The number of rotatable bonds is 2. The summed E-state index contributed by atoms with van der Waals surface area (Å²) in [6.45, 7) is 0.0809. The highest BCUT2D eigenvalue weighted by Gasteiger charge is 2.32. The summed E-state index contributed by atoms with van der Waals surface area (Å²) in [5, 5.41) is 9.20. The Morgan fingerprint density at radius 3 is 2.80 bits per heavy atom. The van der Waals surface area contributed by atoms with E-state index in [9.17, 15) is 23.2 Å². The van der Waals surface area contributed by atoms with Gasteiger partial charge in [0.25, 0.3) is 0 Å². The third-order valence-electron chi connectivity index (χ3n) is 3.73. The van der Waals surface area contributed by atoms with E-state index in [1.807, 2.05) is 6.07 Å². The topological polar surface area (TPSA) is 61.9 Å². The predicted molar refractivity (Wildman–Crippen MR) is 84.8 cm³/mol. The second kappa shape index (κ2) is 6.26. The first kappa shape index (κ1) is 17.0. The summed E-state index contributed by atoms with van der Waals surface area (Å²) in [5.74, 6) is -0.523. The van der Waals surface area contributed by atoms with Gasteiger partial charge in [0.2, 0.25) is 5.91 Å². The molecule has 0 unspecified atom stereocenters. The number of amides is 1. The summed E-state index contributed by atoms with van der Waals surface area (Å²) in [5.41, 5.74) is -0.0759. The molecule has 0 fully saturated rings. The largest absolute Gasteiger partial charge is 0.416 e. The normalized spacial score (nSPS) is 13.9. The van der Waals surface area contributed by atoms with Crippen LogP contribution in [0.4, 0.5) is 19.0 Å². The zero-order chi connectivity index (χ0) is 18.2. The Bertz CT molecular complexity index is 911. The van der Waals surface area contributed by atoms with Gasteiger partial charge in [-0.05, 0) is 23.8 Å². The molecule has 1 aromatic carbocycles. The summed E-state index contributed by atoms with van der Waals surface area (Å²) in [6, 6.07) is 6.69. The Morgan fingerprint density at radius 2 is 2.16 bits per heavy atom. The minimum Gasteiger partial charge on any atom is -0.290 e. The number of carbonyl (C=O) groups is 1. The summed E-state index contributed by atoms with van der Waals surface area (Å²) in [4.78, 5) is 17.2. The maximum atomic E-state index is 13.0. The standard InChI is InChI=1S/C16H10ClF3N4O/c17-7-14(25)23-5-4-13(24-9-22-12(8-21)15(23)24)10-2-1-3-11(6-10)16(18,19)20/h1-4,6,9H,5,7H2. The van der Waals surface area contributed by atoms with E-state index in [-0.39, 0.29) is 23.9 Å².